The van der Waals surface area contributed by atoms with E-state index in [1.165, 1.54) is 6.42 Å². The van der Waals surface area contributed by atoms with Crippen molar-refractivity contribution in [3.8, 4) is 0 Å². The lowest BCUT2D eigenvalue weighted by Gasteiger charge is -2.44. The predicted molar refractivity (Wildman–Crippen MR) is 112 cm³/mol. The fourth-order valence-corrected chi connectivity index (χ4v) is 5.55. The Bertz CT molecular complexity index is 435. The molecule has 0 spiro atoms. The highest BCUT2D eigenvalue weighted by atomic mass is 16.5. The van der Waals surface area contributed by atoms with Crippen LogP contribution in [0, 0.1) is 50.0 Å². The first-order chi connectivity index (χ1) is 12.9. The first kappa shape index (κ1) is 24.2. The van der Waals surface area contributed by atoms with Crippen molar-refractivity contribution in [3.05, 3.63) is 15.0 Å². The normalized spacial score (nSPS) is 31.5. The lowest BCUT2D eigenvalue weighted by molar-refractivity contribution is 0.0627. The summed E-state index contributed by atoms with van der Waals surface area (Å²) in [4.78, 5) is 21.9. The van der Waals surface area contributed by atoms with Gasteiger partial charge >= 0.3 is 0 Å². The summed E-state index contributed by atoms with van der Waals surface area (Å²) in [6.45, 7) is 10.2. The second-order valence-electron chi connectivity index (χ2n) is 9.15. The Balaban J connectivity index is 3.04. The molecule has 0 saturated heterocycles. The zero-order chi connectivity index (χ0) is 20.3. The molecule has 1 N–H and O–H groups in total. The highest BCUT2D eigenvalue weighted by Crippen LogP contribution is 2.47. The predicted octanol–water partition coefficient (Wildman–Crippen LogP) is 5.89. The fourth-order valence-electron chi connectivity index (χ4n) is 5.55. The molecule has 6 heteroatoms. The highest BCUT2D eigenvalue weighted by Gasteiger charge is 2.40. The number of rotatable bonds is 12. The number of hydrogen-bond acceptors (Lipinski definition) is 6. The number of hydrogen-bond donors (Lipinski definition) is 1. The van der Waals surface area contributed by atoms with Crippen LogP contribution in [0.5, 0.6) is 0 Å². The minimum atomic E-state index is -0.105. The third-order valence-electron chi connectivity index (χ3n) is 7.18. The van der Waals surface area contributed by atoms with Crippen molar-refractivity contribution in [1.82, 2.24) is 5.48 Å². The molecular formula is C21H40N3O3-. The zero-order valence-electron chi connectivity index (χ0n) is 17.8. The van der Waals surface area contributed by atoms with Crippen LogP contribution in [0.2, 0.25) is 0 Å². The second-order valence-corrected chi connectivity index (χ2v) is 9.15. The van der Waals surface area contributed by atoms with Gasteiger partial charge in [0.05, 0.1) is 13.1 Å². The van der Waals surface area contributed by atoms with Crippen LogP contribution in [0.25, 0.3) is 0 Å². The van der Waals surface area contributed by atoms with Gasteiger partial charge in [0.2, 0.25) is 0 Å². The van der Waals surface area contributed by atoms with Gasteiger partial charge in [0, 0.05) is 0 Å². The summed E-state index contributed by atoms with van der Waals surface area (Å²) in [5.41, 5.74) is 1.94. The van der Waals surface area contributed by atoms with Gasteiger partial charge in [-0.15, -0.1) is 0 Å². The quantitative estimate of drug-likeness (QED) is 0.336. The molecule has 1 fully saturated rings. The molecule has 0 radical (unpaired) electrons. The van der Waals surface area contributed by atoms with Gasteiger partial charge in [-0.25, -0.2) is 0 Å². The number of hydroxylamine groups is 1. The van der Waals surface area contributed by atoms with Crippen LogP contribution < -0.4 is 5.48 Å². The molecule has 1 aliphatic carbocycles. The number of nitrogens with one attached hydrogen (secondary N) is 1. The zero-order valence-corrected chi connectivity index (χ0v) is 17.8. The van der Waals surface area contributed by atoms with Crippen molar-refractivity contribution >= 4 is 0 Å². The van der Waals surface area contributed by atoms with Crippen LogP contribution in [0.4, 0.5) is 0 Å². The minimum absolute atomic E-state index is 0.105. The smallest absolute Gasteiger partial charge is 0.0864 e. The van der Waals surface area contributed by atoms with Crippen LogP contribution in [0.1, 0.15) is 79.1 Å². The summed E-state index contributed by atoms with van der Waals surface area (Å²) in [7, 11) is 0. The van der Waals surface area contributed by atoms with Crippen LogP contribution >= 0.6 is 0 Å². The van der Waals surface area contributed by atoms with Gasteiger partial charge in [-0.3, -0.25) is 0 Å². The van der Waals surface area contributed by atoms with Crippen molar-refractivity contribution in [1.29, 1.82) is 0 Å². The summed E-state index contributed by atoms with van der Waals surface area (Å²) in [5.74, 6) is 2.61. The Morgan fingerprint density at radius 2 is 1.89 bits per heavy atom. The lowest BCUT2D eigenvalue weighted by atomic mass is 9.61. The maximum absolute atomic E-state index is 11.2. The van der Waals surface area contributed by atoms with E-state index in [9.17, 15) is 15.0 Å². The van der Waals surface area contributed by atoms with E-state index in [4.69, 9.17) is 0 Å². The molecule has 6 unspecified atom stereocenters. The Morgan fingerprint density at radius 3 is 2.44 bits per heavy atom. The summed E-state index contributed by atoms with van der Waals surface area (Å²) in [6.07, 6.45) is 8.23. The molecule has 158 valence electrons. The van der Waals surface area contributed by atoms with Gasteiger partial charge in [-0.05, 0) is 80.1 Å². The maximum Gasteiger partial charge on any atom is 0.0864 e. The third-order valence-corrected chi connectivity index (χ3v) is 7.18. The van der Waals surface area contributed by atoms with Gasteiger partial charge in [0.15, 0.2) is 0 Å². The van der Waals surface area contributed by atoms with E-state index in [0.29, 0.717) is 49.2 Å². The third kappa shape index (κ3) is 7.57. The van der Waals surface area contributed by atoms with Crippen LogP contribution in [0.15, 0.2) is 10.4 Å². The molecule has 6 atom stereocenters. The fraction of sp³-hybridized carbons (Fsp3) is 1.00. The van der Waals surface area contributed by atoms with Gasteiger partial charge in [-0.2, -0.15) is 9.81 Å². The summed E-state index contributed by atoms with van der Waals surface area (Å²) in [5, 5.41) is 17.1. The SMILES string of the molecule is CCC(CCN=O)C1CCC(CC)C(C(C)CCN[O-])CC(C)(CN=O)C1. The standard InChI is InChI=1S/C21H40N3O3/c1-5-17(10-12-23-26)19-8-7-18(6-2)20(16(3)9-11-22-25)14-21(4,13-19)15-24-27/h16-20,22H,5-15H2,1-4H3/q-1. The van der Waals surface area contributed by atoms with Crippen molar-refractivity contribution in [3.63, 3.8) is 0 Å². The van der Waals surface area contributed by atoms with Gasteiger partial charge in [0.1, 0.15) is 0 Å². The van der Waals surface area contributed by atoms with Crippen molar-refractivity contribution < 1.29 is 0 Å². The van der Waals surface area contributed by atoms with E-state index in [0.717, 1.165) is 44.9 Å². The monoisotopic (exact) mass is 382 g/mol. The Labute approximate surface area is 165 Å². The molecule has 1 saturated carbocycles. The molecule has 1 aliphatic rings. The molecule has 0 bridgehead atoms. The van der Waals surface area contributed by atoms with E-state index in [2.05, 4.69) is 38.0 Å². The lowest BCUT2D eigenvalue weighted by Crippen LogP contribution is -2.37. The average Bonchev–Trinajstić information content (AvgIpc) is 2.64. The van der Waals surface area contributed by atoms with Crippen molar-refractivity contribution in [2.45, 2.75) is 79.1 Å². The van der Waals surface area contributed by atoms with Crippen molar-refractivity contribution in [2.75, 3.05) is 19.6 Å². The molecule has 0 aromatic rings. The molecule has 1 rings (SSSR count). The summed E-state index contributed by atoms with van der Waals surface area (Å²) < 4.78 is 0. The maximum atomic E-state index is 11.2. The topological polar surface area (TPSA) is 93.9 Å². The van der Waals surface area contributed by atoms with Gasteiger partial charge in [-0.1, -0.05) is 50.9 Å². The number of nitroso groups, excluding NO2 is 2. The Hall–Kier alpha value is -0.880. The van der Waals surface area contributed by atoms with Crippen LogP contribution in [-0.2, 0) is 0 Å². The Kier molecular flexibility index (Phi) is 11.2. The molecule has 0 heterocycles. The molecule has 0 aromatic carbocycles. The number of nitrogens with zero attached hydrogens (tertiary/aromatic N) is 2. The molecule has 0 aliphatic heterocycles. The molecule has 0 amide bonds. The largest absolute Gasteiger partial charge is 0.788 e. The first-order valence-corrected chi connectivity index (χ1v) is 10.9. The Morgan fingerprint density at radius 1 is 1.15 bits per heavy atom. The molecular weight excluding hydrogens is 342 g/mol. The van der Waals surface area contributed by atoms with Gasteiger partial charge in [0.25, 0.3) is 0 Å². The van der Waals surface area contributed by atoms with Crippen LogP contribution in [-0.4, -0.2) is 19.6 Å². The van der Waals surface area contributed by atoms with E-state index < -0.39 is 0 Å². The van der Waals surface area contributed by atoms with E-state index in [-0.39, 0.29) is 5.41 Å². The molecule has 27 heavy (non-hydrogen) atoms. The van der Waals surface area contributed by atoms with Crippen molar-refractivity contribution in [2.24, 2.45) is 45.4 Å². The van der Waals surface area contributed by atoms with E-state index in [1.807, 2.05) is 5.48 Å². The summed E-state index contributed by atoms with van der Waals surface area (Å²) >= 11 is 0. The summed E-state index contributed by atoms with van der Waals surface area (Å²) in [6, 6.07) is 0. The average molecular weight is 383 g/mol. The minimum Gasteiger partial charge on any atom is -0.788 e. The second kappa shape index (κ2) is 12.6. The van der Waals surface area contributed by atoms with E-state index >= 15 is 0 Å². The van der Waals surface area contributed by atoms with E-state index in [1.54, 1.807) is 0 Å². The molecule has 0 aromatic heterocycles. The first-order valence-electron chi connectivity index (χ1n) is 10.9. The highest BCUT2D eigenvalue weighted by molar-refractivity contribution is 4.91. The van der Waals surface area contributed by atoms with Crippen LogP contribution in [0.3, 0.4) is 0 Å². The van der Waals surface area contributed by atoms with Gasteiger partial charge < -0.3 is 10.7 Å². The molecule has 6 nitrogen and oxygen atoms in total.